The van der Waals surface area contributed by atoms with Gasteiger partial charge >= 0.3 is 0 Å². The molecule has 0 bridgehead atoms. The van der Waals surface area contributed by atoms with E-state index in [0.717, 1.165) is 25.8 Å². The fourth-order valence-corrected chi connectivity index (χ4v) is 2.52. The molecular weight excluding hydrogens is 264 g/mol. The smallest absolute Gasteiger partial charge is 0.270 e. The Bertz CT molecular complexity index is 537. The third kappa shape index (κ3) is 4.28. The molecule has 1 fully saturated rings. The Morgan fingerprint density at radius 2 is 2.24 bits per heavy atom. The number of nitrogens with one attached hydrogen (secondary N) is 2. The first kappa shape index (κ1) is 14.0. The minimum atomic E-state index is -0.0991. The van der Waals surface area contributed by atoms with Crippen LogP contribution in [0.2, 0.25) is 0 Å². The summed E-state index contributed by atoms with van der Waals surface area (Å²) in [5.74, 6) is 0.438. The number of amides is 1. The van der Waals surface area contributed by atoms with E-state index in [1.807, 2.05) is 0 Å². The molecule has 0 aromatic carbocycles. The van der Waals surface area contributed by atoms with Crippen molar-refractivity contribution in [1.82, 2.24) is 15.3 Å². The van der Waals surface area contributed by atoms with Gasteiger partial charge in [-0.25, -0.2) is 9.97 Å². The van der Waals surface area contributed by atoms with Crippen molar-refractivity contribution in [1.29, 1.82) is 0 Å². The Morgan fingerprint density at radius 1 is 1.33 bits per heavy atom. The van der Waals surface area contributed by atoms with Crippen LogP contribution in [-0.2, 0) is 0 Å². The number of anilines is 1. The molecule has 1 heterocycles. The maximum absolute atomic E-state index is 11.9. The zero-order chi connectivity index (χ0) is 14.5. The van der Waals surface area contributed by atoms with Crippen LogP contribution in [0, 0.1) is 0 Å². The predicted octanol–water partition coefficient (Wildman–Crippen LogP) is 2.67. The summed E-state index contributed by atoms with van der Waals surface area (Å²) in [6.07, 6.45) is 12.2. The van der Waals surface area contributed by atoms with E-state index < -0.39 is 0 Å². The van der Waals surface area contributed by atoms with Gasteiger partial charge in [-0.15, -0.1) is 0 Å². The third-order valence-electron chi connectivity index (χ3n) is 3.92. The topological polar surface area (TPSA) is 66.9 Å². The molecule has 0 saturated heterocycles. The monoisotopic (exact) mass is 286 g/mol. The van der Waals surface area contributed by atoms with Gasteiger partial charge in [-0.3, -0.25) is 4.79 Å². The number of hydrogen-bond donors (Lipinski definition) is 2. The van der Waals surface area contributed by atoms with Gasteiger partial charge < -0.3 is 10.6 Å². The van der Waals surface area contributed by atoms with Gasteiger partial charge in [-0.2, -0.15) is 0 Å². The van der Waals surface area contributed by atoms with Crippen LogP contribution in [0.25, 0.3) is 0 Å². The number of carbonyl (C=O) groups excluding carboxylic acids is 1. The first-order valence-electron chi connectivity index (χ1n) is 7.87. The number of rotatable bonds is 6. The minimum Gasteiger partial charge on any atom is -0.354 e. The molecule has 0 aliphatic heterocycles. The molecule has 21 heavy (non-hydrogen) atoms. The molecule has 0 atom stereocenters. The maximum atomic E-state index is 11.9. The second-order valence-corrected chi connectivity index (χ2v) is 5.80. The molecule has 1 aromatic heterocycles. The van der Waals surface area contributed by atoms with Gasteiger partial charge in [0.15, 0.2) is 0 Å². The summed E-state index contributed by atoms with van der Waals surface area (Å²) >= 11 is 0. The van der Waals surface area contributed by atoms with E-state index in [1.54, 1.807) is 12.3 Å². The number of nitrogens with zero attached hydrogens (tertiary/aromatic N) is 2. The molecule has 2 N–H and O–H groups in total. The van der Waals surface area contributed by atoms with Gasteiger partial charge in [0.05, 0.1) is 0 Å². The Balaban J connectivity index is 1.50. The highest BCUT2D eigenvalue weighted by molar-refractivity contribution is 5.92. The zero-order valence-electron chi connectivity index (χ0n) is 12.3. The van der Waals surface area contributed by atoms with Crippen LogP contribution in [0.3, 0.4) is 0 Å². The maximum Gasteiger partial charge on any atom is 0.270 e. The second-order valence-electron chi connectivity index (χ2n) is 5.80. The van der Waals surface area contributed by atoms with E-state index in [2.05, 4.69) is 26.7 Å². The summed E-state index contributed by atoms with van der Waals surface area (Å²) in [6.45, 7) is 0.819. The third-order valence-corrected chi connectivity index (χ3v) is 3.92. The predicted molar refractivity (Wildman–Crippen MR) is 82.2 cm³/mol. The van der Waals surface area contributed by atoms with Crippen molar-refractivity contribution >= 4 is 11.9 Å². The summed E-state index contributed by atoms with van der Waals surface area (Å²) in [5, 5.41) is 6.15. The van der Waals surface area contributed by atoms with Gasteiger partial charge in [0.1, 0.15) is 5.69 Å². The Labute approximate surface area is 125 Å². The van der Waals surface area contributed by atoms with E-state index in [1.165, 1.54) is 31.3 Å². The molecule has 5 heteroatoms. The standard InChI is InChI=1S/C16H22N4O/c21-15(19-13-6-7-13)14-9-11-18-16(20-14)17-10-8-12-4-2-1-3-5-12/h4,9,11,13H,1-3,5-8,10H2,(H,19,21)(H,17,18,20). The lowest BCUT2D eigenvalue weighted by Crippen LogP contribution is -2.26. The van der Waals surface area contributed by atoms with Crippen LogP contribution in [0.4, 0.5) is 5.95 Å². The van der Waals surface area contributed by atoms with E-state index in [9.17, 15) is 4.79 Å². The molecule has 1 amide bonds. The molecule has 112 valence electrons. The summed E-state index contributed by atoms with van der Waals surface area (Å²) < 4.78 is 0. The van der Waals surface area contributed by atoms with Crippen LogP contribution in [-0.4, -0.2) is 28.5 Å². The first-order chi connectivity index (χ1) is 10.3. The Morgan fingerprint density at radius 3 is 3.00 bits per heavy atom. The molecule has 2 aliphatic rings. The van der Waals surface area contributed by atoms with Gasteiger partial charge in [-0.05, 0) is 51.0 Å². The fraction of sp³-hybridized carbons (Fsp3) is 0.562. The highest BCUT2D eigenvalue weighted by Crippen LogP contribution is 2.20. The van der Waals surface area contributed by atoms with Crippen molar-refractivity contribution < 1.29 is 4.79 Å². The van der Waals surface area contributed by atoms with Crippen LogP contribution >= 0.6 is 0 Å². The minimum absolute atomic E-state index is 0.0991. The van der Waals surface area contributed by atoms with Gasteiger partial charge in [-0.1, -0.05) is 11.6 Å². The van der Waals surface area contributed by atoms with Crippen LogP contribution in [0.5, 0.6) is 0 Å². The van der Waals surface area contributed by atoms with Crippen molar-refractivity contribution in [2.24, 2.45) is 0 Å². The van der Waals surface area contributed by atoms with Crippen molar-refractivity contribution in [2.75, 3.05) is 11.9 Å². The molecular formula is C16H22N4O. The van der Waals surface area contributed by atoms with E-state index in [0.29, 0.717) is 17.7 Å². The summed E-state index contributed by atoms with van der Waals surface area (Å²) in [7, 11) is 0. The summed E-state index contributed by atoms with van der Waals surface area (Å²) in [5.41, 5.74) is 1.97. The van der Waals surface area contributed by atoms with Crippen LogP contribution in [0.1, 0.15) is 55.4 Å². The normalized spacial score (nSPS) is 18.0. The molecule has 0 radical (unpaired) electrons. The van der Waals surface area contributed by atoms with Crippen LogP contribution in [0.15, 0.2) is 23.9 Å². The lowest BCUT2D eigenvalue weighted by molar-refractivity contribution is 0.0946. The molecule has 1 saturated carbocycles. The highest BCUT2D eigenvalue weighted by atomic mass is 16.2. The van der Waals surface area contributed by atoms with Crippen molar-refractivity contribution in [3.05, 3.63) is 29.6 Å². The lowest BCUT2D eigenvalue weighted by Gasteiger charge is -2.13. The molecule has 1 aromatic rings. The largest absolute Gasteiger partial charge is 0.354 e. The van der Waals surface area contributed by atoms with Gasteiger partial charge in [0, 0.05) is 18.8 Å². The summed E-state index contributed by atoms with van der Waals surface area (Å²) in [6, 6.07) is 2.01. The van der Waals surface area contributed by atoms with E-state index in [-0.39, 0.29) is 5.91 Å². The average Bonchev–Trinajstić information content (AvgIpc) is 3.33. The van der Waals surface area contributed by atoms with Crippen molar-refractivity contribution in [3.8, 4) is 0 Å². The molecule has 5 nitrogen and oxygen atoms in total. The SMILES string of the molecule is O=C(NC1CC1)c1ccnc(NCCC2=CCCCC2)n1. The number of allylic oxidation sites excluding steroid dienone is 1. The number of carbonyl (C=O) groups is 1. The summed E-state index contributed by atoms with van der Waals surface area (Å²) in [4.78, 5) is 20.4. The molecule has 0 unspecified atom stereocenters. The molecule has 2 aliphatic carbocycles. The first-order valence-corrected chi connectivity index (χ1v) is 7.87. The van der Waals surface area contributed by atoms with Crippen LogP contribution < -0.4 is 10.6 Å². The number of aromatic nitrogens is 2. The number of hydrogen-bond acceptors (Lipinski definition) is 4. The fourth-order valence-electron chi connectivity index (χ4n) is 2.52. The zero-order valence-corrected chi connectivity index (χ0v) is 12.3. The molecule has 3 rings (SSSR count). The molecule has 0 spiro atoms. The highest BCUT2D eigenvalue weighted by Gasteiger charge is 2.24. The van der Waals surface area contributed by atoms with Crippen molar-refractivity contribution in [2.45, 2.75) is 51.0 Å². The quantitative estimate of drug-likeness (QED) is 0.789. The lowest BCUT2D eigenvalue weighted by atomic mass is 9.97. The van der Waals surface area contributed by atoms with E-state index in [4.69, 9.17) is 0 Å². The Kier molecular flexibility index (Phi) is 4.48. The average molecular weight is 286 g/mol. The van der Waals surface area contributed by atoms with E-state index >= 15 is 0 Å². The van der Waals surface area contributed by atoms with Gasteiger partial charge in [0.2, 0.25) is 5.95 Å². The van der Waals surface area contributed by atoms with Gasteiger partial charge in [0.25, 0.3) is 5.91 Å². The Hall–Kier alpha value is -1.91. The van der Waals surface area contributed by atoms with Crippen molar-refractivity contribution in [3.63, 3.8) is 0 Å². The second kappa shape index (κ2) is 6.70.